The maximum absolute atomic E-state index is 11.0. The van der Waals surface area contributed by atoms with Crippen molar-refractivity contribution < 1.29 is 4.79 Å². The quantitative estimate of drug-likeness (QED) is 0.726. The number of ketones is 1. The van der Waals surface area contributed by atoms with Gasteiger partial charge in [0, 0.05) is 10.9 Å². The highest BCUT2D eigenvalue weighted by Crippen LogP contribution is 2.18. The van der Waals surface area contributed by atoms with Crippen LogP contribution in [0.1, 0.15) is 19.4 Å². The molecule has 0 aliphatic rings. The largest absolute Gasteiger partial charge is 0.300 e. The van der Waals surface area contributed by atoms with Crippen LogP contribution in [0.4, 0.5) is 0 Å². The SMILES string of the molecule is CC(=O)[C@@H](C)Cc1ccccc1Cl. The minimum absolute atomic E-state index is 0.0555. The second-order valence-electron chi connectivity index (χ2n) is 3.31. The summed E-state index contributed by atoms with van der Waals surface area (Å²) in [6, 6.07) is 7.64. The van der Waals surface area contributed by atoms with E-state index in [1.807, 2.05) is 31.2 Å². The first kappa shape index (κ1) is 10.3. The highest BCUT2D eigenvalue weighted by Gasteiger charge is 2.09. The average Bonchev–Trinajstić information content (AvgIpc) is 2.08. The highest BCUT2D eigenvalue weighted by molar-refractivity contribution is 6.31. The molecule has 0 unspecified atom stereocenters. The number of benzene rings is 1. The highest BCUT2D eigenvalue weighted by atomic mass is 35.5. The van der Waals surface area contributed by atoms with E-state index in [1.54, 1.807) is 6.92 Å². The van der Waals surface area contributed by atoms with Gasteiger partial charge in [0.15, 0.2) is 0 Å². The summed E-state index contributed by atoms with van der Waals surface area (Å²) in [5.74, 6) is 0.264. The van der Waals surface area contributed by atoms with E-state index in [4.69, 9.17) is 11.6 Å². The molecular formula is C11H13ClO. The fourth-order valence-electron chi connectivity index (χ4n) is 1.14. The van der Waals surface area contributed by atoms with Crippen LogP contribution in [-0.4, -0.2) is 5.78 Å². The van der Waals surface area contributed by atoms with Gasteiger partial charge in [0.1, 0.15) is 5.78 Å². The Morgan fingerprint density at radius 3 is 2.62 bits per heavy atom. The minimum Gasteiger partial charge on any atom is -0.300 e. The van der Waals surface area contributed by atoms with Gasteiger partial charge in [-0.1, -0.05) is 36.7 Å². The Balaban J connectivity index is 2.74. The molecule has 0 aliphatic heterocycles. The third-order valence-corrected chi connectivity index (χ3v) is 2.55. The van der Waals surface area contributed by atoms with E-state index in [9.17, 15) is 4.79 Å². The van der Waals surface area contributed by atoms with E-state index in [-0.39, 0.29) is 11.7 Å². The third kappa shape index (κ3) is 2.85. The van der Waals surface area contributed by atoms with Gasteiger partial charge in [-0.15, -0.1) is 0 Å². The standard InChI is InChI=1S/C11H13ClO/c1-8(9(2)13)7-10-5-3-4-6-11(10)12/h3-6,8H,7H2,1-2H3/t8-/m0/s1. The van der Waals surface area contributed by atoms with Crippen LogP contribution in [0, 0.1) is 5.92 Å². The lowest BCUT2D eigenvalue weighted by atomic mass is 9.98. The maximum Gasteiger partial charge on any atom is 0.132 e. The molecule has 0 amide bonds. The van der Waals surface area contributed by atoms with Gasteiger partial charge in [0.2, 0.25) is 0 Å². The number of carbonyl (C=O) groups excluding carboxylic acids is 1. The van der Waals surface area contributed by atoms with Crippen molar-refractivity contribution in [1.29, 1.82) is 0 Å². The summed E-state index contributed by atoms with van der Waals surface area (Å²) in [6.07, 6.45) is 0.731. The molecule has 1 aromatic carbocycles. The summed E-state index contributed by atoms with van der Waals surface area (Å²) in [4.78, 5) is 11.0. The number of Topliss-reactive ketones (excluding diaryl/α,β-unsaturated/α-hetero) is 1. The zero-order chi connectivity index (χ0) is 9.84. The predicted molar refractivity (Wildman–Crippen MR) is 55.0 cm³/mol. The van der Waals surface area contributed by atoms with E-state index in [0.717, 1.165) is 17.0 Å². The number of halogens is 1. The average molecular weight is 197 g/mol. The number of hydrogen-bond donors (Lipinski definition) is 0. The first-order valence-electron chi connectivity index (χ1n) is 4.35. The van der Waals surface area contributed by atoms with Crippen molar-refractivity contribution in [2.75, 3.05) is 0 Å². The zero-order valence-corrected chi connectivity index (χ0v) is 8.64. The fraction of sp³-hybridized carbons (Fsp3) is 0.364. The van der Waals surface area contributed by atoms with Crippen molar-refractivity contribution in [3.63, 3.8) is 0 Å². The molecule has 0 aliphatic carbocycles. The van der Waals surface area contributed by atoms with Crippen LogP contribution in [0.3, 0.4) is 0 Å². The Kier molecular flexibility index (Phi) is 3.49. The number of carbonyl (C=O) groups is 1. The van der Waals surface area contributed by atoms with Crippen LogP contribution >= 0.6 is 11.6 Å². The van der Waals surface area contributed by atoms with Crippen molar-refractivity contribution in [3.8, 4) is 0 Å². The molecule has 70 valence electrons. The Morgan fingerprint density at radius 2 is 2.08 bits per heavy atom. The van der Waals surface area contributed by atoms with Gasteiger partial charge < -0.3 is 0 Å². The number of hydrogen-bond acceptors (Lipinski definition) is 1. The molecule has 0 aromatic heterocycles. The second kappa shape index (κ2) is 4.43. The van der Waals surface area contributed by atoms with E-state index in [0.29, 0.717) is 0 Å². The molecule has 0 bridgehead atoms. The molecule has 0 N–H and O–H groups in total. The molecule has 0 saturated carbocycles. The van der Waals surface area contributed by atoms with Crippen molar-refractivity contribution in [2.24, 2.45) is 5.92 Å². The van der Waals surface area contributed by atoms with Crippen LogP contribution < -0.4 is 0 Å². The Hall–Kier alpha value is -0.820. The lowest BCUT2D eigenvalue weighted by molar-refractivity contribution is -0.120. The van der Waals surface area contributed by atoms with Crippen LogP contribution in [0.15, 0.2) is 24.3 Å². The van der Waals surface area contributed by atoms with Gasteiger partial charge in [-0.2, -0.15) is 0 Å². The van der Waals surface area contributed by atoms with Gasteiger partial charge in [-0.3, -0.25) is 4.79 Å². The summed E-state index contributed by atoms with van der Waals surface area (Å²) in [5.41, 5.74) is 1.05. The van der Waals surface area contributed by atoms with Gasteiger partial charge in [0.25, 0.3) is 0 Å². The van der Waals surface area contributed by atoms with Gasteiger partial charge in [-0.25, -0.2) is 0 Å². The Labute approximate surface area is 83.7 Å². The minimum atomic E-state index is 0.0555. The molecule has 0 heterocycles. The van der Waals surface area contributed by atoms with Crippen molar-refractivity contribution in [1.82, 2.24) is 0 Å². The fourth-order valence-corrected chi connectivity index (χ4v) is 1.35. The molecule has 1 nitrogen and oxygen atoms in total. The molecule has 1 rings (SSSR count). The summed E-state index contributed by atoms with van der Waals surface area (Å²) in [7, 11) is 0. The van der Waals surface area contributed by atoms with Gasteiger partial charge in [-0.05, 0) is 25.0 Å². The second-order valence-corrected chi connectivity index (χ2v) is 3.71. The van der Waals surface area contributed by atoms with Crippen LogP contribution in [0.5, 0.6) is 0 Å². The van der Waals surface area contributed by atoms with Gasteiger partial charge in [0.05, 0.1) is 0 Å². The van der Waals surface area contributed by atoms with Gasteiger partial charge >= 0.3 is 0 Å². The lowest BCUT2D eigenvalue weighted by Crippen LogP contribution is -2.09. The Bertz CT molecular complexity index is 307. The molecule has 2 heteroatoms. The topological polar surface area (TPSA) is 17.1 Å². The normalized spacial score (nSPS) is 12.5. The van der Waals surface area contributed by atoms with Crippen molar-refractivity contribution in [3.05, 3.63) is 34.9 Å². The summed E-state index contributed by atoms with van der Waals surface area (Å²) in [6.45, 7) is 3.53. The van der Waals surface area contributed by atoms with Crippen LogP contribution in [0.25, 0.3) is 0 Å². The van der Waals surface area contributed by atoms with E-state index in [1.165, 1.54) is 0 Å². The molecule has 0 spiro atoms. The first-order chi connectivity index (χ1) is 6.11. The molecule has 0 radical (unpaired) electrons. The zero-order valence-electron chi connectivity index (χ0n) is 7.88. The third-order valence-electron chi connectivity index (χ3n) is 2.18. The van der Waals surface area contributed by atoms with E-state index < -0.39 is 0 Å². The Morgan fingerprint density at radius 1 is 1.46 bits per heavy atom. The van der Waals surface area contributed by atoms with E-state index in [2.05, 4.69) is 0 Å². The van der Waals surface area contributed by atoms with E-state index >= 15 is 0 Å². The molecule has 0 saturated heterocycles. The summed E-state index contributed by atoms with van der Waals surface area (Å²) >= 11 is 5.96. The first-order valence-corrected chi connectivity index (χ1v) is 4.73. The summed E-state index contributed by atoms with van der Waals surface area (Å²) < 4.78 is 0. The van der Waals surface area contributed by atoms with Crippen molar-refractivity contribution >= 4 is 17.4 Å². The number of rotatable bonds is 3. The lowest BCUT2D eigenvalue weighted by Gasteiger charge is -2.08. The molecule has 13 heavy (non-hydrogen) atoms. The monoisotopic (exact) mass is 196 g/mol. The maximum atomic E-state index is 11.0. The van der Waals surface area contributed by atoms with Crippen LogP contribution in [0.2, 0.25) is 5.02 Å². The predicted octanol–water partition coefficient (Wildman–Crippen LogP) is 3.11. The smallest absolute Gasteiger partial charge is 0.132 e. The molecular weight excluding hydrogens is 184 g/mol. The summed E-state index contributed by atoms with van der Waals surface area (Å²) in [5, 5.41) is 0.746. The molecule has 0 fully saturated rings. The van der Waals surface area contributed by atoms with Crippen molar-refractivity contribution in [2.45, 2.75) is 20.3 Å². The molecule has 1 aromatic rings. The van der Waals surface area contributed by atoms with Crippen LogP contribution in [-0.2, 0) is 11.2 Å². The molecule has 1 atom stereocenters.